The highest BCUT2D eigenvalue weighted by atomic mass is 16.5. The molecule has 0 amide bonds. The van der Waals surface area contributed by atoms with Crippen LogP contribution in [-0.2, 0) is 0 Å². The van der Waals surface area contributed by atoms with Gasteiger partial charge in [0.05, 0.1) is 29.3 Å². The largest absolute Gasteiger partial charge is 0.397 e. The number of anilines is 1. The number of nitrogens with two attached hydrogens (primary N) is 1. The third-order valence-corrected chi connectivity index (χ3v) is 5.25. The van der Waals surface area contributed by atoms with Crippen LogP contribution in [0.15, 0.2) is 53.5 Å². The molecule has 0 radical (unpaired) electrons. The molecule has 27 heavy (non-hydrogen) atoms. The van der Waals surface area contributed by atoms with Gasteiger partial charge in [-0.1, -0.05) is 43.3 Å². The summed E-state index contributed by atoms with van der Waals surface area (Å²) in [6, 6.07) is 12.9. The van der Waals surface area contributed by atoms with E-state index in [0.29, 0.717) is 11.6 Å². The lowest BCUT2D eigenvalue weighted by molar-refractivity contribution is 0.415. The van der Waals surface area contributed by atoms with Crippen molar-refractivity contribution < 1.29 is 4.52 Å². The molecule has 4 aromatic rings. The van der Waals surface area contributed by atoms with Gasteiger partial charge in [-0.25, -0.2) is 4.98 Å². The lowest BCUT2D eigenvalue weighted by atomic mass is 9.98. The maximum atomic E-state index is 6.30. The Hall–Kier alpha value is -3.08. The highest BCUT2D eigenvalue weighted by Gasteiger charge is 2.16. The second-order valence-corrected chi connectivity index (χ2v) is 7.40. The molecule has 0 unspecified atom stereocenters. The van der Waals surface area contributed by atoms with Crippen LogP contribution in [0, 0.1) is 6.92 Å². The minimum atomic E-state index is 0.145. The summed E-state index contributed by atoms with van der Waals surface area (Å²) in [5.74, 6) is 0.496. The minimum Gasteiger partial charge on any atom is -0.397 e. The molecule has 138 valence electrons. The molecular formula is C22H24N4O. The third-order valence-electron chi connectivity index (χ3n) is 5.25. The van der Waals surface area contributed by atoms with E-state index in [9.17, 15) is 0 Å². The molecular weight excluding hydrogens is 336 g/mol. The van der Waals surface area contributed by atoms with Gasteiger partial charge in [0.25, 0.3) is 0 Å². The first kappa shape index (κ1) is 17.3. The number of aromatic nitrogens is 3. The van der Waals surface area contributed by atoms with Gasteiger partial charge in [-0.3, -0.25) is 0 Å². The van der Waals surface area contributed by atoms with Crippen LogP contribution in [0.5, 0.6) is 0 Å². The van der Waals surface area contributed by atoms with Gasteiger partial charge in [-0.15, -0.1) is 0 Å². The Labute approximate surface area is 158 Å². The van der Waals surface area contributed by atoms with Crippen LogP contribution in [0.4, 0.5) is 5.69 Å². The number of imidazole rings is 1. The Kier molecular flexibility index (Phi) is 4.22. The van der Waals surface area contributed by atoms with Gasteiger partial charge in [-0.2, -0.15) is 0 Å². The van der Waals surface area contributed by atoms with E-state index in [2.05, 4.69) is 65.8 Å². The van der Waals surface area contributed by atoms with Crippen molar-refractivity contribution in [1.82, 2.24) is 14.7 Å². The van der Waals surface area contributed by atoms with Gasteiger partial charge in [0, 0.05) is 5.56 Å². The maximum Gasteiger partial charge on any atom is 0.131 e. The first-order valence-electron chi connectivity index (χ1n) is 9.23. The summed E-state index contributed by atoms with van der Waals surface area (Å²) < 4.78 is 7.28. The predicted octanol–water partition coefficient (Wildman–Crippen LogP) is 5.31. The average molecular weight is 360 g/mol. The zero-order valence-corrected chi connectivity index (χ0v) is 16.1. The highest BCUT2D eigenvalue weighted by Crippen LogP contribution is 2.33. The van der Waals surface area contributed by atoms with E-state index in [1.807, 2.05) is 19.3 Å². The van der Waals surface area contributed by atoms with Gasteiger partial charge in [0.15, 0.2) is 0 Å². The first-order chi connectivity index (χ1) is 13.0. The van der Waals surface area contributed by atoms with Crippen LogP contribution in [0.25, 0.3) is 22.2 Å². The topological polar surface area (TPSA) is 69.9 Å². The fraction of sp³-hybridized carbons (Fsp3) is 0.273. The molecule has 2 heterocycles. The van der Waals surface area contributed by atoms with E-state index < -0.39 is 0 Å². The molecule has 5 nitrogen and oxygen atoms in total. The summed E-state index contributed by atoms with van der Waals surface area (Å²) >= 11 is 0. The molecule has 0 saturated carbocycles. The number of nitrogen functional groups attached to an aromatic ring is 1. The second kappa shape index (κ2) is 6.58. The molecule has 0 saturated heterocycles. The zero-order chi connectivity index (χ0) is 19.1. The summed E-state index contributed by atoms with van der Waals surface area (Å²) in [6.07, 6.45) is 3.53. The monoisotopic (exact) mass is 360 g/mol. The summed E-state index contributed by atoms with van der Waals surface area (Å²) in [7, 11) is 0. The van der Waals surface area contributed by atoms with Crippen molar-refractivity contribution in [1.29, 1.82) is 0 Å². The van der Waals surface area contributed by atoms with Crippen LogP contribution in [0.1, 0.15) is 49.6 Å². The Morgan fingerprint density at radius 3 is 2.56 bits per heavy atom. The second-order valence-electron chi connectivity index (χ2n) is 7.40. The molecule has 0 aliphatic carbocycles. The summed E-state index contributed by atoms with van der Waals surface area (Å²) in [6.45, 7) is 8.54. The normalized spacial score (nSPS) is 12.8. The van der Waals surface area contributed by atoms with Gasteiger partial charge in [0.1, 0.15) is 11.8 Å². The number of benzene rings is 2. The molecule has 2 N–H and O–H groups in total. The lowest BCUT2D eigenvalue weighted by Crippen LogP contribution is -2.06. The number of rotatable bonds is 4. The molecule has 0 aliphatic heterocycles. The van der Waals surface area contributed by atoms with Crippen molar-refractivity contribution in [3.8, 4) is 11.1 Å². The smallest absolute Gasteiger partial charge is 0.131 e. The van der Waals surface area contributed by atoms with Gasteiger partial charge in [-0.05, 0) is 48.6 Å². The van der Waals surface area contributed by atoms with Crippen molar-refractivity contribution in [2.24, 2.45) is 0 Å². The molecule has 4 rings (SSSR count). The van der Waals surface area contributed by atoms with Gasteiger partial charge < -0.3 is 14.8 Å². The minimum absolute atomic E-state index is 0.145. The van der Waals surface area contributed by atoms with Crippen molar-refractivity contribution in [2.45, 2.75) is 39.7 Å². The van der Waals surface area contributed by atoms with Crippen LogP contribution in [-0.4, -0.2) is 14.7 Å². The van der Waals surface area contributed by atoms with Gasteiger partial charge >= 0.3 is 0 Å². The van der Waals surface area contributed by atoms with Gasteiger partial charge in [0.2, 0.25) is 0 Å². The first-order valence-corrected chi connectivity index (χ1v) is 9.23. The Bertz CT molecular complexity index is 1110. The molecule has 0 spiro atoms. The average Bonchev–Trinajstić information content (AvgIpc) is 3.27. The van der Waals surface area contributed by atoms with E-state index in [-0.39, 0.29) is 6.04 Å². The highest BCUT2D eigenvalue weighted by molar-refractivity contribution is 5.92. The number of nitrogens with zero attached hydrogens (tertiary/aromatic N) is 3. The van der Waals surface area contributed by atoms with E-state index in [1.165, 1.54) is 11.1 Å². The van der Waals surface area contributed by atoms with E-state index in [4.69, 9.17) is 10.3 Å². The van der Waals surface area contributed by atoms with Crippen molar-refractivity contribution in [3.63, 3.8) is 0 Å². The third kappa shape index (κ3) is 2.99. The maximum absolute atomic E-state index is 6.30. The van der Waals surface area contributed by atoms with Crippen molar-refractivity contribution in [3.05, 3.63) is 65.8 Å². The quantitative estimate of drug-likeness (QED) is 0.500. The number of hydrogen-bond acceptors (Lipinski definition) is 4. The molecule has 1 atom stereocenters. The predicted molar refractivity (Wildman–Crippen MR) is 109 cm³/mol. The van der Waals surface area contributed by atoms with E-state index >= 15 is 0 Å². The number of fused-ring (bicyclic) bond motifs is 1. The summed E-state index contributed by atoms with van der Waals surface area (Å²) in [4.78, 5) is 4.57. The van der Waals surface area contributed by atoms with Crippen molar-refractivity contribution >= 4 is 16.7 Å². The number of hydrogen-bond donors (Lipinski definition) is 1. The van der Waals surface area contributed by atoms with Crippen LogP contribution >= 0.6 is 0 Å². The van der Waals surface area contributed by atoms with E-state index in [0.717, 1.165) is 27.9 Å². The van der Waals surface area contributed by atoms with Crippen LogP contribution in [0.3, 0.4) is 0 Å². The fourth-order valence-corrected chi connectivity index (χ4v) is 3.53. The SMILES string of the molecule is Cc1nocc1-c1cc(N)c2ncn([C@H](C)c3cccc(C(C)C)c3)c2c1. The summed E-state index contributed by atoms with van der Waals surface area (Å²) in [5, 5.41) is 3.98. The number of aryl methyl sites for hydroxylation is 1. The molecule has 0 aliphatic rings. The lowest BCUT2D eigenvalue weighted by Gasteiger charge is -2.17. The Balaban J connectivity index is 1.84. The van der Waals surface area contributed by atoms with Crippen LogP contribution < -0.4 is 5.73 Å². The van der Waals surface area contributed by atoms with E-state index in [1.54, 1.807) is 6.26 Å². The van der Waals surface area contributed by atoms with Crippen molar-refractivity contribution in [2.75, 3.05) is 5.73 Å². The zero-order valence-electron chi connectivity index (χ0n) is 16.1. The molecule has 2 aromatic heterocycles. The Morgan fingerprint density at radius 2 is 1.85 bits per heavy atom. The molecule has 5 heteroatoms. The molecule has 0 bridgehead atoms. The Morgan fingerprint density at radius 1 is 1.07 bits per heavy atom. The fourth-order valence-electron chi connectivity index (χ4n) is 3.53. The summed E-state index contributed by atoms with van der Waals surface area (Å²) in [5.41, 5.74) is 14.2. The molecule has 2 aromatic carbocycles. The molecule has 0 fully saturated rings. The standard InChI is InChI=1S/C22H24N4O/c1-13(2)16-6-5-7-17(8-16)15(4)26-12-24-22-20(23)9-18(10-21(22)26)19-11-27-25-14(19)3/h5-13,15H,23H2,1-4H3/t15-/m1/s1. The van der Waals surface area contributed by atoms with Crippen LogP contribution in [0.2, 0.25) is 0 Å².